The van der Waals surface area contributed by atoms with Crippen LogP contribution in [0.4, 0.5) is 0 Å². The second-order valence-electron chi connectivity index (χ2n) is 5.02. The van der Waals surface area contributed by atoms with Gasteiger partial charge in [0.25, 0.3) is 0 Å². The van der Waals surface area contributed by atoms with Gasteiger partial charge in [-0.05, 0) is 39.4 Å². The van der Waals surface area contributed by atoms with Crippen LogP contribution in [0.15, 0.2) is 18.3 Å². The van der Waals surface area contributed by atoms with E-state index in [1.807, 2.05) is 23.1 Å². The number of ether oxygens (including phenoxy) is 1. The van der Waals surface area contributed by atoms with Crippen molar-refractivity contribution in [1.29, 1.82) is 0 Å². The monoisotopic (exact) mass is 293 g/mol. The molecule has 0 bridgehead atoms. The van der Waals surface area contributed by atoms with Crippen molar-refractivity contribution >= 4 is 11.3 Å². The first-order valence-electron chi connectivity index (χ1n) is 6.99. The molecule has 2 heterocycles. The third kappa shape index (κ3) is 2.74. The van der Waals surface area contributed by atoms with E-state index in [4.69, 9.17) is 4.74 Å². The molecule has 1 N–H and O–H groups in total. The molecule has 0 aliphatic carbocycles. The highest BCUT2D eigenvalue weighted by Crippen LogP contribution is 2.34. The lowest BCUT2D eigenvalue weighted by Crippen LogP contribution is -2.22. The molecule has 110 valence electrons. The van der Waals surface area contributed by atoms with E-state index in [1.54, 1.807) is 13.3 Å². The molecule has 2 aromatic heterocycles. The van der Waals surface area contributed by atoms with Crippen LogP contribution in [0.3, 0.4) is 0 Å². The van der Waals surface area contributed by atoms with Crippen LogP contribution in [-0.4, -0.2) is 23.9 Å². The van der Waals surface area contributed by atoms with E-state index in [0.717, 1.165) is 17.9 Å². The predicted octanol–water partition coefficient (Wildman–Crippen LogP) is 3.41. The molecule has 0 spiro atoms. The molecule has 0 fully saturated rings. The lowest BCUT2D eigenvalue weighted by atomic mass is 10.1. The van der Waals surface area contributed by atoms with Crippen LogP contribution in [0.25, 0.3) is 0 Å². The molecular formula is C15H23N3OS. The molecule has 0 aromatic carbocycles. The number of aromatic nitrogens is 2. The van der Waals surface area contributed by atoms with Crippen molar-refractivity contribution in [3.8, 4) is 5.75 Å². The molecule has 1 unspecified atom stereocenters. The van der Waals surface area contributed by atoms with Crippen LogP contribution in [-0.2, 0) is 6.42 Å². The molecule has 2 aromatic rings. The van der Waals surface area contributed by atoms with Gasteiger partial charge in [-0.2, -0.15) is 5.10 Å². The molecule has 4 nitrogen and oxygen atoms in total. The van der Waals surface area contributed by atoms with Crippen molar-refractivity contribution < 1.29 is 4.74 Å². The molecular weight excluding hydrogens is 270 g/mol. The van der Waals surface area contributed by atoms with E-state index in [9.17, 15) is 0 Å². The van der Waals surface area contributed by atoms with E-state index in [2.05, 4.69) is 43.3 Å². The first kappa shape index (κ1) is 15.1. The summed E-state index contributed by atoms with van der Waals surface area (Å²) in [6.07, 6.45) is 2.87. The Morgan fingerprint density at radius 1 is 1.40 bits per heavy atom. The zero-order valence-electron chi connectivity index (χ0n) is 12.8. The Bertz CT molecular complexity index is 559. The average Bonchev–Trinajstić information content (AvgIpc) is 3.06. The summed E-state index contributed by atoms with van der Waals surface area (Å²) in [5.74, 6) is 0.837. The van der Waals surface area contributed by atoms with Gasteiger partial charge in [0.15, 0.2) is 5.75 Å². The van der Waals surface area contributed by atoms with Crippen LogP contribution in [0.5, 0.6) is 5.75 Å². The van der Waals surface area contributed by atoms with Crippen molar-refractivity contribution in [3.63, 3.8) is 0 Å². The number of thiophene rings is 1. The molecule has 2 rings (SSSR count). The number of methoxy groups -OCH3 is 1. The smallest absolute Gasteiger partial charge is 0.161 e. The third-order valence-corrected chi connectivity index (χ3v) is 4.68. The maximum atomic E-state index is 5.49. The number of nitrogens with one attached hydrogen (secondary N) is 1. The molecule has 0 saturated heterocycles. The van der Waals surface area contributed by atoms with Crippen molar-refractivity contribution in [3.05, 3.63) is 33.8 Å². The van der Waals surface area contributed by atoms with E-state index >= 15 is 0 Å². The van der Waals surface area contributed by atoms with Crippen LogP contribution in [0.2, 0.25) is 0 Å². The molecule has 1 atom stereocenters. The number of nitrogens with zero attached hydrogens (tertiary/aromatic N) is 2. The summed E-state index contributed by atoms with van der Waals surface area (Å²) in [6, 6.07) is 4.81. The summed E-state index contributed by atoms with van der Waals surface area (Å²) in [6.45, 7) is 6.45. The van der Waals surface area contributed by atoms with E-state index < -0.39 is 0 Å². The van der Waals surface area contributed by atoms with Gasteiger partial charge in [-0.1, -0.05) is 6.92 Å². The topological polar surface area (TPSA) is 39.1 Å². The predicted molar refractivity (Wildman–Crippen MR) is 83.8 cm³/mol. The van der Waals surface area contributed by atoms with Crippen LogP contribution in [0, 0.1) is 0 Å². The van der Waals surface area contributed by atoms with E-state index in [0.29, 0.717) is 6.04 Å². The minimum Gasteiger partial charge on any atom is -0.493 e. The largest absolute Gasteiger partial charge is 0.493 e. The minimum absolute atomic E-state index is 0.111. The van der Waals surface area contributed by atoms with Gasteiger partial charge >= 0.3 is 0 Å². The standard InChI is InChI=1S/C15H23N3OS/c1-6-11-7-8-13(20-11)14(16-4)15-12(19-5)9-17-18(15)10(2)3/h7-10,14,16H,6H2,1-5H3. The minimum atomic E-state index is 0.111. The lowest BCUT2D eigenvalue weighted by Gasteiger charge is -2.20. The van der Waals surface area contributed by atoms with Crippen LogP contribution >= 0.6 is 11.3 Å². The molecule has 0 aliphatic rings. The van der Waals surface area contributed by atoms with Gasteiger partial charge in [0.05, 0.1) is 19.3 Å². The van der Waals surface area contributed by atoms with Crippen LogP contribution < -0.4 is 10.1 Å². The van der Waals surface area contributed by atoms with Gasteiger partial charge in [-0.15, -0.1) is 11.3 Å². The highest BCUT2D eigenvalue weighted by Gasteiger charge is 2.24. The first-order chi connectivity index (χ1) is 9.62. The zero-order valence-corrected chi connectivity index (χ0v) is 13.6. The van der Waals surface area contributed by atoms with Crippen molar-refractivity contribution in [1.82, 2.24) is 15.1 Å². The fourth-order valence-electron chi connectivity index (χ4n) is 2.35. The number of rotatable bonds is 6. The highest BCUT2D eigenvalue weighted by molar-refractivity contribution is 7.12. The maximum absolute atomic E-state index is 5.49. The fraction of sp³-hybridized carbons (Fsp3) is 0.533. The Morgan fingerprint density at radius 3 is 2.65 bits per heavy atom. The van der Waals surface area contributed by atoms with Gasteiger partial charge < -0.3 is 10.1 Å². The molecule has 0 amide bonds. The van der Waals surface area contributed by atoms with Crippen molar-refractivity contribution in [2.45, 2.75) is 39.3 Å². The highest BCUT2D eigenvalue weighted by atomic mass is 32.1. The van der Waals surface area contributed by atoms with E-state index in [-0.39, 0.29) is 6.04 Å². The molecule has 5 heteroatoms. The molecule has 0 saturated carbocycles. The van der Waals surface area contributed by atoms with Gasteiger partial charge in [-0.25, -0.2) is 0 Å². The summed E-state index contributed by atoms with van der Waals surface area (Å²) in [7, 11) is 3.68. The fourth-order valence-corrected chi connectivity index (χ4v) is 3.42. The summed E-state index contributed by atoms with van der Waals surface area (Å²) in [4.78, 5) is 2.69. The SMILES string of the molecule is CCc1ccc(C(NC)c2c(OC)cnn2C(C)C)s1. The summed E-state index contributed by atoms with van der Waals surface area (Å²) >= 11 is 1.84. The average molecular weight is 293 g/mol. The number of aryl methyl sites for hydroxylation is 1. The normalized spacial score (nSPS) is 12.9. The summed E-state index contributed by atoms with van der Waals surface area (Å²) in [5.41, 5.74) is 1.09. The Kier molecular flexibility index (Phi) is 4.83. The lowest BCUT2D eigenvalue weighted by molar-refractivity contribution is 0.397. The van der Waals surface area contributed by atoms with E-state index in [1.165, 1.54) is 9.75 Å². The zero-order chi connectivity index (χ0) is 14.7. The van der Waals surface area contributed by atoms with Gasteiger partial charge in [0.1, 0.15) is 5.69 Å². The number of hydrogen-bond acceptors (Lipinski definition) is 4. The van der Waals surface area contributed by atoms with Gasteiger partial charge in [0.2, 0.25) is 0 Å². The molecule has 0 radical (unpaired) electrons. The second kappa shape index (κ2) is 6.41. The Balaban J connectivity index is 2.47. The van der Waals surface area contributed by atoms with Crippen molar-refractivity contribution in [2.24, 2.45) is 0 Å². The quantitative estimate of drug-likeness (QED) is 0.887. The Labute approximate surface area is 124 Å². The van der Waals surface area contributed by atoms with Crippen LogP contribution in [0.1, 0.15) is 48.3 Å². The Hall–Kier alpha value is -1.33. The van der Waals surface area contributed by atoms with Gasteiger partial charge in [-0.3, -0.25) is 4.68 Å². The molecule has 20 heavy (non-hydrogen) atoms. The third-order valence-electron chi connectivity index (χ3n) is 3.39. The second-order valence-corrected chi connectivity index (χ2v) is 6.22. The first-order valence-corrected chi connectivity index (χ1v) is 7.81. The summed E-state index contributed by atoms with van der Waals surface area (Å²) in [5, 5.41) is 7.86. The van der Waals surface area contributed by atoms with Crippen molar-refractivity contribution in [2.75, 3.05) is 14.2 Å². The maximum Gasteiger partial charge on any atom is 0.161 e. The molecule has 0 aliphatic heterocycles. The summed E-state index contributed by atoms with van der Waals surface area (Å²) < 4.78 is 7.53. The Morgan fingerprint density at radius 2 is 2.15 bits per heavy atom. The van der Waals surface area contributed by atoms with Gasteiger partial charge in [0, 0.05) is 15.8 Å². The number of hydrogen-bond donors (Lipinski definition) is 1.